The number of carbonyl (C=O) groups is 2. The molecule has 1 aromatic heterocycles. The van der Waals surface area contributed by atoms with E-state index in [1.807, 2.05) is 0 Å². The molecule has 0 unspecified atom stereocenters. The summed E-state index contributed by atoms with van der Waals surface area (Å²) in [5, 5.41) is 0. The quantitative estimate of drug-likeness (QED) is 0.739. The highest BCUT2D eigenvalue weighted by Crippen LogP contribution is 2.49. The number of hydrazine groups is 1. The summed E-state index contributed by atoms with van der Waals surface area (Å²) in [7, 11) is 0. The zero-order chi connectivity index (χ0) is 14.1. The van der Waals surface area contributed by atoms with Crippen LogP contribution in [0.5, 0.6) is 0 Å². The Morgan fingerprint density at radius 2 is 2.15 bits per heavy atom. The van der Waals surface area contributed by atoms with Crippen LogP contribution in [0.25, 0.3) is 0 Å². The average molecular weight is 340 g/mol. The lowest BCUT2D eigenvalue weighted by Crippen LogP contribution is -2.42. The van der Waals surface area contributed by atoms with E-state index >= 15 is 0 Å². The third kappa shape index (κ3) is 2.90. The molecule has 3 rings (SSSR count). The minimum atomic E-state index is -0.336. The number of nitrogens with one attached hydrogen (secondary N) is 3. The predicted octanol–water partition coefficient (Wildman–Crippen LogP) is 2.36. The molecule has 0 spiro atoms. The molecule has 20 heavy (non-hydrogen) atoms. The minimum Gasteiger partial charge on any atom is -0.356 e. The number of hydrogen-bond donors (Lipinski definition) is 3. The van der Waals surface area contributed by atoms with Crippen LogP contribution in [0, 0.1) is 17.8 Å². The second-order valence-electron chi connectivity index (χ2n) is 5.87. The van der Waals surface area contributed by atoms with E-state index in [9.17, 15) is 9.59 Å². The third-order valence-corrected chi connectivity index (χ3v) is 5.00. The van der Waals surface area contributed by atoms with Crippen molar-refractivity contribution < 1.29 is 9.59 Å². The van der Waals surface area contributed by atoms with Gasteiger partial charge in [-0.1, -0.05) is 6.42 Å². The van der Waals surface area contributed by atoms with E-state index < -0.39 is 0 Å². The Labute approximate surface area is 126 Å². The molecule has 2 amide bonds. The van der Waals surface area contributed by atoms with Crippen molar-refractivity contribution in [2.24, 2.45) is 17.8 Å². The lowest BCUT2D eigenvalue weighted by molar-refractivity contribution is -0.123. The van der Waals surface area contributed by atoms with E-state index in [1.165, 1.54) is 25.7 Å². The van der Waals surface area contributed by atoms with Crippen molar-refractivity contribution >= 4 is 27.7 Å². The van der Waals surface area contributed by atoms with E-state index in [0.717, 1.165) is 16.3 Å². The van der Waals surface area contributed by atoms with E-state index in [2.05, 4.69) is 31.8 Å². The normalized spacial score (nSPS) is 27.6. The molecule has 6 heteroatoms. The smallest absolute Gasteiger partial charge is 0.286 e. The SMILES string of the molecule is O=C(C[C@H]1C[C@H]2CC[C@@H]1C2)NNC(=O)c1cc(Br)c[nH]1. The van der Waals surface area contributed by atoms with Crippen molar-refractivity contribution in [1.82, 2.24) is 15.8 Å². The van der Waals surface area contributed by atoms with Gasteiger partial charge in [-0.3, -0.25) is 20.4 Å². The first-order valence-electron chi connectivity index (χ1n) is 7.05. The highest BCUT2D eigenvalue weighted by molar-refractivity contribution is 9.10. The van der Waals surface area contributed by atoms with Gasteiger partial charge in [-0.05, 0) is 59.0 Å². The molecule has 3 atom stereocenters. The number of H-pyrrole nitrogens is 1. The van der Waals surface area contributed by atoms with Crippen LogP contribution in [0.1, 0.15) is 42.6 Å². The minimum absolute atomic E-state index is 0.0958. The molecule has 1 heterocycles. The van der Waals surface area contributed by atoms with Crippen molar-refractivity contribution in [3.05, 3.63) is 22.4 Å². The summed E-state index contributed by atoms with van der Waals surface area (Å²) in [4.78, 5) is 26.4. The van der Waals surface area contributed by atoms with Crippen LogP contribution in [0.15, 0.2) is 16.7 Å². The van der Waals surface area contributed by atoms with E-state index in [-0.39, 0.29) is 11.8 Å². The number of aromatic amines is 1. The van der Waals surface area contributed by atoms with Gasteiger partial charge in [0.2, 0.25) is 5.91 Å². The highest BCUT2D eigenvalue weighted by Gasteiger charge is 2.40. The molecule has 0 aliphatic heterocycles. The fourth-order valence-corrected chi connectivity index (χ4v) is 3.95. The fraction of sp³-hybridized carbons (Fsp3) is 0.571. The van der Waals surface area contributed by atoms with Crippen LogP contribution < -0.4 is 10.9 Å². The van der Waals surface area contributed by atoms with Gasteiger partial charge in [-0.2, -0.15) is 0 Å². The van der Waals surface area contributed by atoms with E-state index in [1.54, 1.807) is 12.3 Å². The molecule has 2 bridgehead atoms. The van der Waals surface area contributed by atoms with Gasteiger partial charge in [0.1, 0.15) is 5.69 Å². The number of hydrogen-bond acceptors (Lipinski definition) is 2. The maximum atomic E-state index is 11.9. The van der Waals surface area contributed by atoms with Gasteiger partial charge in [-0.25, -0.2) is 0 Å². The first-order valence-corrected chi connectivity index (χ1v) is 7.84. The van der Waals surface area contributed by atoms with Gasteiger partial charge >= 0.3 is 0 Å². The number of fused-ring (bicyclic) bond motifs is 2. The molecule has 0 saturated heterocycles. The highest BCUT2D eigenvalue weighted by atomic mass is 79.9. The Kier molecular flexibility index (Phi) is 3.83. The lowest BCUT2D eigenvalue weighted by atomic mass is 9.86. The topological polar surface area (TPSA) is 74.0 Å². The second kappa shape index (κ2) is 5.60. The van der Waals surface area contributed by atoms with Crippen LogP contribution in [0.3, 0.4) is 0 Å². The Morgan fingerprint density at radius 1 is 1.30 bits per heavy atom. The lowest BCUT2D eigenvalue weighted by Gasteiger charge is -2.20. The van der Waals surface area contributed by atoms with Crippen LogP contribution >= 0.6 is 15.9 Å². The summed E-state index contributed by atoms with van der Waals surface area (Å²) < 4.78 is 0.802. The molecule has 5 nitrogen and oxygen atoms in total. The predicted molar refractivity (Wildman–Crippen MR) is 77.7 cm³/mol. The molecule has 3 N–H and O–H groups in total. The van der Waals surface area contributed by atoms with Crippen molar-refractivity contribution in [2.75, 3.05) is 0 Å². The standard InChI is InChI=1S/C14H18BrN3O2/c15-11-6-12(16-7-11)14(20)18-17-13(19)5-10-4-8-1-2-9(10)3-8/h6-10,16H,1-5H2,(H,17,19)(H,18,20)/t8-,9+,10+/m0/s1. The Balaban J connectivity index is 1.44. The Bertz CT molecular complexity index is 528. The molecule has 2 aliphatic carbocycles. The van der Waals surface area contributed by atoms with Gasteiger partial charge in [0.05, 0.1) is 0 Å². The summed E-state index contributed by atoms with van der Waals surface area (Å²) in [5.74, 6) is 1.63. The number of aromatic nitrogens is 1. The number of halogens is 1. The van der Waals surface area contributed by atoms with Gasteiger partial charge < -0.3 is 4.98 Å². The van der Waals surface area contributed by atoms with Gasteiger partial charge in [-0.15, -0.1) is 0 Å². The van der Waals surface area contributed by atoms with Crippen molar-refractivity contribution in [3.8, 4) is 0 Å². The first kappa shape index (κ1) is 13.7. The zero-order valence-corrected chi connectivity index (χ0v) is 12.7. The summed E-state index contributed by atoms with van der Waals surface area (Å²) in [6.45, 7) is 0. The molecule has 0 aromatic carbocycles. The maximum Gasteiger partial charge on any atom is 0.286 e. The average Bonchev–Trinajstić information content (AvgIpc) is 3.12. The van der Waals surface area contributed by atoms with Crippen molar-refractivity contribution in [2.45, 2.75) is 32.1 Å². The summed E-state index contributed by atoms with van der Waals surface area (Å²) in [6, 6.07) is 1.66. The molecule has 2 saturated carbocycles. The third-order valence-electron chi connectivity index (χ3n) is 4.54. The summed E-state index contributed by atoms with van der Waals surface area (Å²) in [6.07, 6.45) is 7.27. The number of amides is 2. The van der Waals surface area contributed by atoms with Crippen LogP contribution in [-0.4, -0.2) is 16.8 Å². The first-order chi connectivity index (χ1) is 9.61. The molecule has 2 aliphatic rings. The van der Waals surface area contributed by atoms with Crippen LogP contribution in [-0.2, 0) is 4.79 Å². The second-order valence-corrected chi connectivity index (χ2v) is 6.79. The van der Waals surface area contributed by atoms with Crippen LogP contribution in [0.4, 0.5) is 0 Å². The fourth-order valence-electron chi connectivity index (χ4n) is 3.61. The molecule has 108 valence electrons. The van der Waals surface area contributed by atoms with E-state index in [0.29, 0.717) is 18.0 Å². The largest absolute Gasteiger partial charge is 0.356 e. The Morgan fingerprint density at radius 3 is 2.75 bits per heavy atom. The summed E-state index contributed by atoms with van der Waals surface area (Å²) >= 11 is 3.26. The van der Waals surface area contributed by atoms with Crippen molar-refractivity contribution in [3.63, 3.8) is 0 Å². The van der Waals surface area contributed by atoms with Gasteiger partial charge in [0.25, 0.3) is 5.91 Å². The zero-order valence-electron chi connectivity index (χ0n) is 11.1. The monoisotopic (exact) mass is 339 g/mol. The van der Waals surface area contributed by atoms with Crippen molar-refractivity contribution in [1.29, 1.82) is 0 Å². The van der Waals surface area contributed by atoms with Gasteiger partial charge in [0, 0.05) is 17.1 Å². The number of rotatable bonds is 3. The molecule has 0 radical (unpaired) electrons. The molecule has 2 fully saturated rings. The molecular weight excluding hydrogens is 322 g/mol. The molecule has 1 aromatic rings. The van der Waals surface area contributed by atoms with E-state index in [4.69, 9.17) is 0 Å². The maximum absolute atomic E-state index is 11.9. The Hall–Kier alpha value is -1.30. The molecular formula is C14H18BrN3O2. The van der Waals surface area contributed by atoms with Crippen LogP contribution in [0.2, 0.25) is 0 Å². The van der Waals surface area contributed by atoms with Gasteiger partial charge in [0.15, 0.2) is 0 Å². The summed E-state index contributed by atoms with van der Waals surface area (Å²) in [5.41, 5.74) is 5.36. The number of carbonyl (C=O) groups excluding carboxylic acids is 2.